The Balaban J connectivity index is 4.47. The lowest BCUT2D eigenvalue weighted by molar-refractivity contribution is -0.135. The number of carbonyl (C=O) groups is 1. The summed E-state index contributed by atoms with van der Waals surface area (Å²) in [5.74, 6) is -0.0179. The number of hydrogen-bond donors (Lipinski definition) is 1. The molecule has 0 aliphatic rings. The van der Waals surface area contributed by atoms with Crippen molar-refractivity contribution in [3.63, 3.8) is 0 Å². The van der Waals surface area contributed by atoms with E-state index in [1.807, 2.05) is 20.8 Å². The zero-order valence-corrected chi connectivity index (χ0v) is 12.4. The molecule has 0 bridgehead atoms. The second-order valence-electron chi connectivity index (χ2n) is 5.51. The van der Waals surface area contributed by atoms with Crippen LogP contribution in [-0.2, 0) is 14.3 Å². The van der Waals surface area contributed by atoms with Gasteiger partial charge in [-0.25, -0.2) is 0 Å². The van der Waals surface area contributed by atoms with Crippen LogP contribution < -0.4 is 5.73 Å². The molecule has 0 aromatic heterocycles. The molecule has 0 spiro atoms. The maximum atomic E-state index is 12.3. The average Bonchev–Trinajstić information content (AvgIpc) is 2.30. The van der Waals surface area contributed by atoms with Crippen LogP contribution in [0.25, 0.3) is 0 Å². The number of hydrogen-bond acceptors (Lipinski definition) is 4. The zero-order valence-electron chi connectivity index (χ0n) is 12.4. The third kappa shape index (κ3) is 6.33. The highest BCUT2D eigenvalue weighted by Crippen LogP contribution is 2.19. The Morgan fingerprint density at radius 1 is 1.17 bits per heavy atom. The minimum atomic E-state index is -0.489. The zero-order chi connectivity index (χ0) is 14.2. The monoisotopic (exact) mass is 260 g/mol. The normalized spacial score (nSPS) is 13.4. The summed E-state index contributed by atoms with van der Waals surface area (Å²) in [6, 6.07) is -0.489. The van der Waals surface area contributed by atoms with Gasteiger partial charge in [0.25, 0.3) is 0 Å². The number of carbonyl (C=O) groups excluding carboxylic acids is 1. The number of rotatable bonds is 8. The third-order valence-electron chi connectivity index (χ3n) is 2.85. The van der Waals surface area contributed by atoms with Gasteiger partial charge in [-0.05, 0) is 11.8 Å². The van der Waals surface area contributed by atoms with Crippen LogP contribution in [-0.4, -0.2) is 57.4 Å². The number of amides is 1. The Labute approximate surface area is 111 Å². The van der Waals surface area contributed by atoms with Gasteiger partial charge in [-0.1, -0.05) is 20.8 Å². The van der Waals surface area contributed by atoms with Crippen molar-refractivity contribution in [3.8, 4) is 0 Å². The fourth-order valence-corrected chi connectivity index (χ4v) is 1.50. The molecule has 0 heterocycles. The molecule has 0 aromatic carbocycles. The first kappa shape index (κ1) is 17.4. The van der Waals surface area contributed by atoms with E-state index in [4.69, 9.17) is 15.2 Å². The van der Waals surface area contributed by atoms with Crippen LogP contribution in [0.4, 0.5) is 0 Å². The molecule has 5 heteroatoms. The van der Waals surface area contributed by atoms with Crippen molar-refractivity contribution < 1.29 is 14.3 Å². The van der Waals surface area contributed by atoms with E-state index in [0.717, 1.165) is 6.42 Å². The van der Waals surface area contributed by atoms with Gasteiger partial charge >= 0.3 is 0 Å². The van der Waals surface area contributed by atoms with Crippen LogP contribution in [0.15, 0.2) is 0 Å². The van der Waals surface area contributed by atoms with Crippen molar-refractivity contribution in [1.29, 1.82) is 0 Å². The molecule has 0 aliphatic heterocycles. The van der Waals surface area contributed by atoms with Crippen molar-refractivity contribution >= 4 is 5.91 Å². The van der Waals surface area contributed by atoms with Crippen LogP contribution in [0.3, 0.4) is 0 Å². The van der Waals surface area contributed by atoms with E-state index in [1.165, 1.54) is 0 Å². The van der Waals surface area contributed by atoms with Crippen molar-refractivity contribution in [1.82, 2.24) is 4.90 Å². The highest BCUT2D eigenvalue weighted by molar-refractivity contribution is 5.82. The Kier molecular flexibility index (Phi) is 8.15. The summed E-state index contributed by atoms with van der Waals surface area (Å²) in [6.07, 6.45) is 0.808. The van der Waals surface area contributed by atoms with E-state index in [0.29, 0.717) is 26.3 Å². The van der Waals surface area contributed by atoms with Crippen LogP contribution in [0.1, 0.15) is 27.2 Å². The lowest BCUT2D eigenvalue weighted by Crippen LogP contribution is -2.51. The lowest BCUT2D eigenvalue weighted by Gasteiger charge is -2.32. The third-order valence-corrected chi connectivity index (χ3v) is 2.85. The molecule has 1 atom stereocenters. The van der Waals surface area contributed by atoms with Gasteiger partial charge in [0.2, 0.25) is 5.91 Å². The molecular weight excluding hydrogens is 232 g/mol. The molecule has 2 N–H and O–H groups in total. The van der Waals surface area contributed by atoms with Crippen molar-refractivity contribution in [2.75, 3.05) is 40.5 Å². The summed E-state index contributed by atoms with van der Waals surface area (Å²) in [7, 11) is 3.28. The molecule has 0 aliphatic carbocycles. The number of nitrogens with zero attached hydrogens (tertiary/aromatic N) is 1. The lowest BCUT2D eigenvalue weighted by atomic mass is 9.86. The molecule has 0 fully saturated rings. The first-order chi connectivity index (χ1) is 8.34. The van der Waals surface area contributed by atoms with Crippen LogP contribution in [0.2, 0.25) is 0 Å². The predicted molar refractivity (Wildman–Crippen MR) is 72.4 cm³/mol. The summed E-state index contributed by atoms with van der Waals surface area (Å²) in [6.45, 7) is 8.30. The molecule has 18 heavy (non-hydrogen) atoms. The molecule has 108 valence electrons. The van der Waals surface area contributed by atoms with Gasteiger partial charge in [-0.2, -0.15) is 0 Å². The van der Waals surface area contributed by atoms with Gasteiger partial charge in [-0.15, -0.1) is 0 Å². The highest BCUT2D eigenvalue weighted by atomic mass is 16.5. The molecule has 0 saturated carbocycles. The summed E-state index contributed by atoms with van der Waals surface area (Å²) in [5, 5.41) is 0. The quantitative estimate of drug-likeness (QED) is 0.658. The molecule has 0 saturated heterocycles. The SMILES string of the molecule is COCCCN(CCOC)C(=O)[C@H](N)C(C)(C)C. The summed E-state index contributed by atoms with van der Waals surface area (Å²) in [4.78, 5) is 14.1. The Bertz CT molecular complexity index is 239. The van der Waals surface area contributed by atoms with Gasteiger partial charge in [0.15, 0.2) is 0 Å². The summed E-state index contributed by atoms with van der Waals surface area (Å²) in [5.41, 5.74) is 5.78. The van der Waals surface area contributed by atoms with Crippen LogP contribution in [0, 0.1) is 5.41 Å². The molecular formula is C13H28N2O3. The van der Waals surface area contributed by atoms with E-state index >= 15 is 0 Å². The second kappa shape index (κ2) is 8.45. The first-order valence-electron chi connectivity index (χ1n) is 6.36. The molecule has 0 rings (SSSR count). The van der Waals surface area contributed by atoms with Gasteiger partial charge < -0.3 is 20.1 Å². The molecule has 0 unspecified atom stereocenters. The Morgan fingerprint density at radius 2 is 1.72 bits per heavy atom. The fraction of sp³-hybridized carbons (Fsp3) is 0.923. The van der Waals surface area contributed by atoms with E-state index in [2.05, 4.69) is 0 Å². The number of ether oxygens (including phenoxy) is 2. The summed E-state index contributed by atoms with van der Waals surface area (Å²) < 4.78 is 10.0. The molecule has 0 radical (unpaired) electrons. The smallest absolute Gasteiger partial charge is 0.240 e. The van der Waals surface area contributed by atoms with Crippen molar-refractivity contribution in [2.24, 2.45) is 11.1 Å². The predicted octanol–water partition coefficient (Wildman–Crippen LogP) is 0.871. The Hall–Kier alpha value is -0.650. The minimum absolute atomic E-state index is 0.0179. The highest BCUT2D eigenvalue weighted by Gasteiger charge is 2.30. The maximum absolute atomic E-state index is 12.3. The molecule has 0 aromatic rings. The van der Waals surface area contributed by atoms with Gasteiger partial charge in [0, 0.05) is 33.9 Å². The van der Waals surface area contributed by atoms with Crippen LogP contribution >= 0.6 is 0 Å². The largest absolute Gasteiger partial charge is 0.385 e. The standard InChI is InChI=1S/C13H28N2O3/c1-13(2,3)11(14)12(16)15(8-10-18-5)7-6-9-17-4/h11H,6-10,14H2,1-5H3/t11-/m0/s1. The summed E-state index contributed by atoms with van der Waals surface area (Å²) >= 11 is 0. The number of nitrogens with two attached hydrogens (primary N) is 1. The first-order valence-corrected chi connectivity index (χ1v) is 6.36. The van der Waals surface area contributed by atoms with Gasteiger partial charge in [0.1, 0.15) is 0 Å². The maximum Gasteiger partial charge on any atom is 0.240 e. The average molecular weight is 260 g/mol. The molecule has 1 amide bonds. The van der Waals surface area contributed by atoms with Gasteiger partial charge in [0.05, 0.1) is 12.6 Å². The van der Waals surface area contributed by atoms with Crippen molar-refractivity contribution in [2.45, 2.75) is 33.2 Å². The van der Waals surface area contributed by atoms with E-state index in [1.54, 1.807) is 19.1 Å². The molecule has 5 nitrogen and oxygen atoms in total. The van der Waals surface area contributed by atoms with Gasteiger partial charge in [-0.3, -0.25) is 4.79 Å². The minimum Gasteiger partial charge on any atom is -0.385 e. The van der Waals surface area contributed by atoms with E-state index in [-0.39, 0.29) is 11.3 Å². The fourth-order valence-electron chi connectivity index (χ4n) is 1.50. The van der Waals surface area contributed by atoms with Crippen molar-refractivity contribution in [3.05, 3.63) is 0 Å². The Morgan fingerprint density at radius 3 is 2.17 bits per heavy atom. The van der Waals surface area contributed by atoms with E-state index < -0.39 is 6.04 Å². The topological polar surface area (TPSA) is 64.8 Å². The van der Waals surface area contributed by atoms with E-state index in [9.17, 15) is 4.79 Å². The van der Waals surface area contributed by atoms with Crippen LogP contribution in [0.5, 0.6) is 0 Å². The number of methoxy groups -OCH3 is 2. The second-order valence-corrected chi connectivity index (χ2v) is 5.51.